The summed E-state index contributed by atoms with van der Waals surface area (Å²) in [7, 11) is 1.68. The van der Waals surface area contributed by atoms with E-state index in [1.807, 2.05) is 17.5 Å². The molecule has 8 nitrogen and oxygen atoms in total. The van der Waals surface area contributed by atoms with Gasteiger partial charge in [-0.1, -0.05) is 0 Å². The maximum Gasteiger partial charge on any atom is 0.188 e. The molecule has 4 rings (SSSR count). The highest BCUT2D eigenvalue weighted by Gasteiger charge is 2.21. The second-order valence-electron chi connectivity index (χ2n) is 6.09. The maximum atomic E-state index is 6.33. The molecule has 3 heterocycles. The molecule has 1 saturated heterocycles. The fourth-order valence-electron chi connectivity index (χ4n) is 3.09. The van der Waals surface area contributed by atoms with E-state index in [1.165, 1.54) is 23.4 Å². The van der Waals surface area contributed by atoms with Crippen LogP contribution in [0.5, 0.6) is 5.75 Å². The number of hydrogen-bond donors (Lipinski definition) is 2. The minimum absolute atomic E-state index is 0.547. The Morgan fingerprint density at radius 2 is 1.78 bits per heavy atom. The van der Waals surface area contributed by atoms with Crippen molar-refractivity contribution in [3.63, 3.8) is 0 Å². The van der Waals surface area contributed by atoms with Crippen LogP contribution < -0.4 is 25.6 Å². The molecular weight excluding hydrogens is 362 g/mol. The number of aromatic nitrogens is 3. The number of piperazine rings is 1. The van der Waals surface area contributed by atoms with E-state index in [4.69, 9.17) is 10.5 Å². The van der Waals surface area contributed by atoms with Gasteiger partial charge in [-0.3, -0.25) is 0 Å². The Labute approximate surface area is 161 Å². The molecule has 2 aromatic heterocycles. The van der Waals surface area contributed by atoms with Crippen LogP contribution in [0.3, 0.4) is 0 Å². The maximum absolute atomic E-state index is 6.33. The number of benzene rings is 1. The van der Waals surface area contributed by atoms with E-state index >= 15 is 0 Å². The molecule has 0 saturated carbocycles. The summed E-state index contributed by atoms with van der Waals surface area (Å²) in [6.07, 6.45) is 3.28. The van der Waals surface area contributed by atoms with Gasteiger partial charge < -0.3 is 25.6 Å². The molecule has 0 amide bonds. The fraction of sp³-hybridized carbons (Fsp3) is 0.278. The third kappa shape index (κ3) is 3.72. The monoisotopic (exact) mass is 383 g/mol. The number of nitrogen functional groups attached to an aromatic ring is 1. The molecule has 9 heteroatoms. The third-order valence-corrected chi connectivity index (χ3v) is 5.23. The zero-order valence-electron chi connectivity index (χ0n) is 15.0. The smallest absolute Gasteiger partial charge is 0.188 e. The second kappa shape index (κ2) is 7.67. The Balaban J connectivity index is 1.44. The lowest BCUT2D eigenvalue weighted by Gasteiger charge is -2.37. The molecule has 0 bridgehead atoms. The molecule has 0 atom stereocenters. The van der Waals surface area contributed by atoms with Crippen molar-refractivity contribution in [1.29, 1.82) is 0 Å². The van der Waals surface area contributed by atoms with Crippen LogP contribution in [0.2, 0.25) is 0 Å². The predicted octanol–water partition coefficient (Wildman–Crippen LogP) is 2.59. The predicted molar refractivity (Wildman–Crippen MR) is 109 cm³/mol. The number of nitrogens with zero attached hydrogens (tertiary/aromatic N) is 5. The lowest BCUT2D eigenvalue weighted by Crippen LogP contribution is -2.47. The van der Waals surface area contributed by atoms with Crippen molar-refractivity contribution in [1.82, 2.24) is 15.0 Å². The molecule has 1 aromatic carbocycles. The minimum Gasteiger partial charge on any atom is -0.497 e. The average Bonchev–Trinajstić information content (AvgIpc) is 3.23. The summed E-state index contributed by atoms with van der Waals surface area (Å²) < 4.78 is 5.23. The Hall–Kier alpha value is -3.07. The highest BCUT2D eigenvalue weighted by atomic mass is 32.1. The van der Waals surface area contributed by atoms with E-state index in [1.54, 1.807) is 13.3 Å². The Morgan fingerprint density at radius 1 is 1.04 bits per heavy atom. The molecule has 140 valence electrons. The first-order valence-corrected chi connectivity index (χ1v) is 9.53. The van der Waals surface area contributed by atoms with Gasteiger partial charge >= 0.3 is 0 Å². The van der Waals surface area contributed by atoms with Crippen LogP contribution in [-0.4, -0.2) is 48.2 Å². The number of nitrogens with two attached hydrogens (primary N) is 1. The number of methoxy groups -OCH3 is 1. The molecule has 1 aliphatic rings. The number of hydrogen-bond acceptors (Lipinski definition) is 9. The zero-order valence-corrected chi connectivity index (χ0v) is 15.8. The van der Waals surface area contributed by atoms with Crippen LogP contribution in [0, 0.1) is 0 Å². The topological polar surface area (TPSA) is 92.4 Å². The molecule has 0 radical (unpaired) electrons. The molecule has 3 N–H and O–H groups in total. The first-order chi connectivity index (χ1) is 13.2. The largest absolute Gasteiger partial charge is 0.497 e. The van der Waals surface area contributed by atoms with Crippen molar-refractivity contribution < 1.29 is 4.74 Å². The van der Waals surface area contributed by atoms with Crippen LogP contribution in [0.15, 0.2) is 42.2 Å². The standard InChI is InChI=1S/C18H21N7OS/c1-26-14-4-2-13(3-5-14)24-7-9-25(10-8-24)17-15(19)16(21-12-22-17)23-18-20-6-11-27-18/h2-6,11-12H,7-10,19H2,1H3,(H,20,21,22,23). The molecule has 0 spiro atoms. The van der Waals surface area contributed by atoms with E-state index in [0.29, 0.717) is 11.5 Å². The summed E-state index contributed by atoms with van der Waals surface area (Å²) in [6.45, 7) is 3.46. The number of anilines is 5. The first kappa shape index (κ1) is 17.3. The van der Waals surface area contributed by atoms with Gasteiger partial charge in [0.1, 0.15) is 17.8 Å². The lowest BCUT2D eigenvalue weighted by atomic mass is 10.2. The fourth-order valence-corrected chi connectivity index (χ4v) is 3.62. The van der Waals surface area contributed by atoms with Crippen LogP contribution in [0.25, 0.3) is 0 Å². The number of nitrogens with one attached hydrogen (secondary N) is 1. The van der Waals surface area contributed by atoms with Crippen molar-refractivity contribution in [3.8, 4) is 5.75 Å². The first-order valence-electron chi connectivity index (χ1n) is 8.65. The van der Waals surface area contributed by atoms with Crippen molar-refractivity contribution >= 4 is 39.5 Å². The van der Waals surface area contributed by atoms with Gasteiger partial charge in [0.15, 0.2) is 16.8 Å². The van der Waals surface area contributed by atoms with Gasteiger partial charge in [-0.25, -0.2) is 15.0 Å². The van der Waals surface area contributed by atoms with Crippen molar-refractivity contribution in [2.24, 2.45) is 0 Å². The summed E-state index contributed by atoms with van der Waals surface area (Å²) >= 11 is 1.50. The SMILES string of the molecule is COc1ccc(N2CCN(c3ncnc(Nc4nccs4)c3N)CC2)cc1. The Morgan fingerprint density at radius 3 is 2.44 bits per heavy atom. The van der Waals surface area contributed by atoms with E-state index in [2.05, 4.69) is 42.2 Å². The summed E-state index contributed by atoms with van der Waals surface area (Å²) in [5, 5.41) is 5.82. The molecule has 0 unspecified atom stereocenters. The molecule has 27 heavy (non-hydrogen) atoms. The van der Waals surface area contributed by atoms with Gasteiger partial charge in [0.25, 0.3) is 0 Å². The normalized spacial score (nSPS) is 14.3. The summed E-state index contributed by atoms with van der Waals surface area (Å²) in [4.78, 5) is 17.4. The Bertz CT molecular complexity index is 877. The average molecular weight is 383 g/mol. The minimum atomic E-state index is 0.547. The third-order valence-electron chi connectivity index (χ3n) is 4.54. The number of rotatable bonds is 5. The lowest BCUT2D eigenvalue weighted by molar-refractivity contribution is 0.415. The van der Waals surface area contributed by atoms with Crippen LogP contribution in [0.4, 0.5) is 28.1 Å². The van der Waals surface area contributed by atoms with Gasteiger partial charge in [-0.15, -0.1) is 11.3 Å². The van der Waals surface area contributed by atoms with Crippen molar-refractivity contribution in [2.75, 3.05) is 54.1 Å². The molecule has 0 aliphatic carbocycles. The van der Waals surface area contributed by atoms with E-state index < -0.39 is 0 Å². The molecule has 1 fully saturated rings. The van der Waals surface area contributed by atoms with Gasteiger partial charge in [-0.2, -0.15) is 0 Å². The van der Waals surface area contributed by atoms with Gasteiger partial charge in [-0.05, 0) is 24.3 Å². The van der Waals surface area contributed by atoms with Crippen molar-refractivity contribution in [3.05, 3.63) is 42.2 Å². The highest BCUT2D eigenvalue weighted by molar-refractivity contribution is 7.13. The summed E-state index contributed by atoms with van der Waals surface area (Å²) in [5.74, 6) is 2.22. The van der Waals surface area contributed by atoms with E-state index in [9.17, 15) is 0 Å². The van der Waals surface area contributed by atoms with Crippen LogP contribution in [0.1, 0.15) is 0 Å². The van der Waals surface area contributed by atoms with Gasteiger partial charge in [0.05, 0.1) is 7.11 Å². The van der Waals surface area contributed by atoms with Gasteiger partial charge in [0, 0.05) is 43.4 Å². The highest BCUT2D eigenvalue weighted by Crippen LogP contribution is 2.30. The summed E-state index contributed by atoms with van der Waals surface area (Å²) in [6, 6.07) is 8.15. The number of thiazole rings is 1. The molecule has 3 aromatic rings. The van der Waals surface area contributed by atoms with E-state index in [0.717, 1.165) is 42.9 Å². The molecule has 1 aliphatic heterocycles. The van der Waals surface area contributed by atoms with Crippen molar-refractivity contribution in [2.45, 2.75) is 0 Å². The molecular formula is C18H21N7OS. The van der Waals surface area contributed by atoms with Crippen LogP contribution >= 0.6 is 11.3 Å². The van der Waals surface area contributed by atoms with E-state index in [-0.39, 0.29) is 0 Å². The van der Waals surface area contributed by atoms with Gasteiger partial charge in [0.2, 0.25) is 0 Å². The summed E-state index contributed by atoms with van der Waals surface area (Å²) in [5.41, 5.74) is 8.07. The van der Waals surface area contributed by atoms with Crippen LogP contribution in [-0.2, 0) is 0 Å². The quantitative estimate of drug-likeness (QED) is 0.695. The second-order valence-corrected chi connectivity index (χ2v) is 6.99. The zero-order chi connectivity index (χ0) is 18.6. The number of ether oxygens (including phenoxy) is 1. The Kier molecular flexibility index (Phi) is 4.93.